The van der Waals surface area contributed by atoms with Gasteiger partial charge in [-0.15, -0.1) is 0 Å². The van der Waals surface area contributed by atoms with Crippen LogP contribution in [0.1, 0.15) is 22.8 Å². The molecule has 10 heteroatoms. The van der Waals surface area contributed by atoms with Crippen molar-refractivity contribution in [2.75, 3.05) is 51.9 Å². The quantitative estimate of drug-likeness (QED) is 0.457. The average molecular weight is 479 g/mol. The third-order valence-electron chi connectivity index (χ3n) is 5.00. The number of benzene rings is 2. The summed E-state index contributed by atoms with van der Waals surface area (Å²) in [5.41, 5.74) is 1.10. The molecule has 2 aromatic carbocycles. The van der Waals surface area contributed by atoms with E-state index in [4.69, 9.17) is 14.2 Å². The van der Waals surface area contributed by atoms with Crippen LogP contribution in [0, 0.1) is 6.92 Å². The van der Waals surface area contributed by atoms with Crippen LogP contribution in [0.5, 0.6) is 5.75 Å². The fourth-order valence-corrected chi connectivity index (χ4v) is 4.39. The minimum atomic E-state index is -4.01. The van der Waals surface area contributed by atoms with Gasteiger partial charge in [0.2, 0.25) is 0 Å². The Morgan fingerprint density at radius 2 is 1.76 bits per heavy atom. The molecule has 0 aliphatic rings. The fourth-order valence-electron chi connectivity index (χ4n) is 3.16. The fraction of sp³-hybridized carbons (Fsp3) is 0.391. The van der Waals surface area contributed by atoms with E-state index in [0.29, 0.717) is 17.0 Å². The lowest BCUT2D eigenvalue weighted by molar-refractivity contribution is -0.143. The Balaban J connectivity index is 2.44. The van der Waals surface area contributed by atoms with Gasteiger partial charge in [0.05, 0.1) is 30.9 Å². The first-order valence-electron chi connectivity index (χ1n) is 10.3. The van der Waals surface area contributed by atoms with Crippen LogP contribution in [0.4, 0.5) is 5.69 Å². The lowest BCUT2D eigenvalue weighted by Crippen LogP contribution is -2.39. The largest absolute Gasteiger partial charge is 0.495 e. The number of methoxy groups -OCH3 is 2. The predicted molar refractivity (Wildman–Crippen MR) is 124 cm³/mol. The van der Waals surface area contributed by atoms with E-state index in [1.54, 1.807) is 44.2 Å². The first kappa shape index (κ1) is 26.1. The highest BCUT2D eigenvalue weighted by Gasteiger charge is 2.27. The summed E-state index contributed by atoms with van der Waals surface area (Å²) in [5, 5.41) is 0. The molecule has 0 saturated carbocycles. The highest BCUT2D eigenvalue weighted by molar-refractivity contribution is 7.92. The number of carbonyl (C=O) groups is 2. The normalized spacial score (nSPS) is 11.1. The molecule has 9 nitrogen and oxygen atoms in total. The number of rotatable bonds is 11. The van der Waals surface area contributed by atoms with Gasteiger partial charge >= 0.3 is 5.97 Å². The topological polar surface area (TPSA) is 102 Å². The van der Waals surface area contributed by atoms with Crippen LogP contribution in [0.25, 0.3) is 0 Å². The molecule has 180 valence electrons. The third kappa shape index (κ3) is 6.23. The number of carbonyl (C=O) groups excluding carboxylic acids is 2. The molecule has 33 heavy (non-hydrogen) atoms. The van der Waals surface area contributed by atoms with Crippen molar-refractivity contribution in [1.29, 1.82) is 0 Å². The molecule has 0 heterocycles. The molecule has 0 aliphatic heterocycles. The van der Waals surface area contributed by atoms with Gasteiger partial charge in [-0.25, -0.2) is 8.42 Å². The number of aryl methyl sites for hydroxylation is 1. The second-order valence-corrected chi connectivity index (χ2v) is 9.11. The molecule has 1 amide bonds. The average Bonchev–Trinajstić information content (AvgIpc) is 2.81. The maximum absolute atomic E-state index is 13.3. The molecule has 0 aromatic heterocycles. The van der Waals surface area contributed by atoms with E-state index in [0.717, 1.165) is 4.31 Å². The molecule has 0 N–H and O–H groups in total. The number of hydrogen-bond donors (Lipinski definition) is 0. The highest BCUT2D eigenvalue weighted by Crippen LogP contribution is 2.31. The highest BCUT2D eigenvalue weighted by atomic mass is 32.2. The van der Waals surface area contributed by atoms with E-state index in [1.165, 1.54) is 38.3 Å². The van der Waals surface area contributed by atoms with Gasteiger partial charge in [-0.1, -0.05) is 18.2 Å². The molecule has 0 saturated heterocycles. The van der Waals surface area contributed by atoms with Crippen LogP contribution in [-0.2, 0) is 24.3 Å². The summed E-state index contributed by atoms with van der Waals surface area (Å²) in [6, 6.07) is 11.1. The van der Waals surface area contributed by atoms with Gasteiger partial charge in [0.25, 0.3) is 15.9 Å². The molecule has 0 fully saturated rings. The molecule has 0 unspecified atom stereocenters. The predicted octanol–water partition coefficient (Wildman–Crippen LogP) is 2.48. The number of nitrogens with zero attached hydrogens (tertiary/aromatic N) is 2. The van der Waals surface area contributed by atoms with Crippen molar-refractivity contribution in [2.24, 2.45) is 0 Å². The Morgan fingerprint density at radius 1 is 1.06 bits per heavy atom. The molecule has 0 bridgehead atoms. The van der Waals surface area contributed by atoms with Crippen LogP contribution >= 0.6 is 0 Å². The summed E-state index contributed by atoms with van der Waals surface area (Å²) < 4.78 is 43.1. The zero-order chi connectivity index (χ0) is 24.6. The Hall–Kier alpha value is -3.11. The zero-order valence-electron chi connectivity index (χ0n) is 19.5. The van der Waals surface area contributed by atoms with Crippen molar-refractivity contribution >= 4 is 27.6 Å². The van der Waals surface area contributed by atoms with Crippen LogP contribution in [0.15, 0.2) is 47.4 Å². The van der Waals surface area contributed by atoms with Crippen molar-refractivity contribution < 1.29 is 32.2 Å². The Morgan fingerprint density at radius 3 is 2.39 bits per heavy atom. The minimum absolute atomic E-state index is 0.0623. The molecular formula is C23H30N2O7S. The number of hydrogen-bond acceptors (Lipinski definition) is 7. The summed E-state index contributed by atoms with van der Waals surface area (Å²) in [4.78, 5) is 26.5. The molecule has 2 aromatic rings. The number of esters is 1. The van der Waals surface area contributed by atoms with Gasteiger partial charge in [-0.3, -0.25) is 13.9 Å². The SMILES string of the molecule is CCOC(=O)CN(CCOC)C(=O)c1cc(S(=O)(=O)N(C)c2ccccc2OC)ccc1C. The summed E-state index contributed by atoms with van der Waals surface area (Å²) in [7, 11) is 0.355. The van der Waals surface area contributed by atoms with Gasteiger partial charge < -0.3 is 19.1 Å². The van der Waals surface area contributed by atoms with Crippen molar-refractivity contribution in [1.82, 2.24) is 4.90 Å². The second-order valence-electron chi connectivity index (χ2n) is 7.15. The standard InChI is InChI=1S/C23H30N2O7S/c1-6-32-22(26)16-25(13-14-30-4)23(27)19-15-18(12-11-17(19)2)33(28,29)24(3)20-9-7-8-10-21(20)31-5/h7-12,15H,6,13-14,16H2,1-5H3. The maximum atomic E-state index is 13.3. The monoisotopic (exact) mass is 478 g/mol. The summed E-state index contributed by atoms with van der Waals surface area (Å²) in [5.74, 6) is -0.652. The van der Waals surface area contributed by atoms with Crippen molar-refractivity contribution in [3.8, 4) is 5.75 Å². The van der Waals surface area contributed by atoms with E-state index < -0.39 is 21.9 Å². The van der Waals surface area contributed by atoms with Crippen molar-refractivity contribution in [3.05, 3.63) is 53.6 Å². The lowest BCUT2D eigenvalue weighted by atomic mass is 10.1. The molecule has 2 rings (SSSR count). The van der Waals surface area contributed by atoms with Gasteiger partial charge in [0.15, 0.2) is 0 Å². The van der Waals surface area contributed by atoms with E-state index >= 15 is 0 Å². The molecule has 0 radical (unpaired) electrons. The Bertz CT molecular complexity index is 1090. The molecule has 0 aliphatic carbocycles. The molecular weight excluding hydrogens is 448 g/mol. The molecule has 0 spiro atoms. The first-order valence-corrected chi connectivity index (χ1v) is 11.8. The van der Waals surface area contributed by atoms with Crippen LogP contribution < -0.4 is 9.04 Å². The number of ether oxygens (including phenoxy) is 3. The van der Waals surface area contributed by atoms with Gasteiger partial charge in [-0.05, 0) is 43.7 Å². The summed E-state index contributed by atoms with van der Waals surface area (Å²) in [6.45, 7) is 3.65. The van der Waals surface area contributed by atoms with E-state index in [2.05, 4.69) is 0 Å². The zero-order valence-corrected chi connectivity index (χ0v) is 20.3. The smallest absolute Gasteiger partial charge is 0.325 e. The third-order valence-corrected chi connectivity index (χ3v) is 6.77. The summed E-state index contributed by atoms with van der Waals surface area (Å²) in [6.07, 6.45) is 0. The van der Waals surface area contributed by atoms with Gasteiger partial charge in [0.1, 0.15) is 12.3 Å². The van der Waals surface area contributed by atoms with Crippen molar-refractivity contribution in [2.45, 2.75) is 18.7 Å². The van der Waals surface area contributed by atoms with E-state index in [-0.39, 0.29) is 36.8 Å². The van der Waals surface area contributed by atoms with Crippen LogP contribution in [0.3, 0.4) is 0 Å². The Labute approximate surface area is 194 Å². The number of para-hydroxylation sites is 2. The van der Waals surface area contributed by atoms with E-state index in [9.17, 15) is 18.0 Å². The van der Waals surface area contributed by atoms with E-state index in [1.807, 2.05) is 0 Å². The number of sulfonamides is 1. The first-order chi connectivity index (χ1) is 15.7. The van der Waals surface area contributed by atoms with Crippen molar-refractivity contribution in [3.63, 3.8) is 0 Å². The number of anilines is 1. The van der Waals surface area contributed by atoms with Gasteiger partial charge in [-0.2, -0.15) is 0 Å². The second kappa shape index (κ2) is 11.7. The lowest BCUT2D eigenvalue weighted by Gasteiger charge is -2.24. The maximum Gasteiger partial charge on any atom is 0.325 e. The number of amides is 1. The van der Waals surface area contributed by atoms with Crippen LogP contribution in [0.2, 0.25) is 0 Å². The van der Waals surface area contributed by atoms with Crippen LogP contribution in [-0.4, -0.2) is 72.8 Å². The Kier molecular flexibility index (Phi) is 9.24. The summed E-state index contributed by atoms with van der Waals surface area (Å²) >= 11 is 0. The minimum Gasteiger partial charge on any atom is -0.495 e. The molecule has 0 atom stereocenters. The van der Waals surface area contributed by atoms with Gasteiger partial charge in [0, 0.05) is 26.3 Å².